The van der Waals surface area contributed by atoms with Crippen LogP contribution in [0.4, 0.5) is 0 Å². The van der Waals surface area contributed by atoms with Crippen molar-refractivity contribution in [2.24, 2.45) is 0 Å². The Morgan fingerprint density at radius 3 is 2.55 bits per heavy atom. The van der Waals surface area contributed by atoms with E-state index in [9.17, 15) is 9.90 Å². The lowest BCUT2D eigenvalue weighted by Gasteiger charge is -2.16. The van der Waals surface area contributed by atoms with Gasteiger partial charge in [0.15, 0.2) is 0 Å². The lowest BCUT2D eigenvalue weighted by atomic mass is 10.2. The van der Waals surface area contributed by atoms with Gasteiger partial charge in [0.25, 0.3) is 5.91 Å². The molecule has 33 heavy (non-hydrogen) atoms. The normalized spacial score (nSPS) is 11.6. The summed E-state index contributed by atoms with van der Waals surface area (Å²) in [5.74, 6) is 1.24. The Hall–Kier alpha value is -4.15. The number of carbonyl (C=O) groups excluding carboxylic acids is 1. The molecule has 2 N–H and O–H groups in total. The van der Waals surface area contributed by atoms with E-state index in [2.05, 4.69) is 11.4 Å². The number of aromatic nitrogens is 2. The topological polar surface area (TPSA) is 100 Å². The quantitative estimate of drug-likeness (QED) is 0.416. The fourth-order valence-corrected chi connectivity index (χ4v) is 3.58. The largest absolute Gasteiger partial charge is 0.491 e. The zero-order valence-corrected chi connectivity index (χ0v) is 18.0. The van der Waals surface area contributed by atoms with Crippen molar-refractivity contribution in [2.75, 3.05) is 13.2 Å². The number of aliphatic hydroxyl groups excluding tert-OH is 1. The van der Waals surface area contributed by atoms with Gasteiger partial charge in [-0.15, -0.1) is 0 Å². The van der Waals surface area contributed by atoms with Crippen molar-refractivity contribution in [1.29, 1.82) is 5.26 Å². The van der Waals surface area contributed by atoms with Gasteiger partial charge >= 0.3 is 0 Å². The van der Waals surface area contributed by atoms with Crippen LogP contribution in [0, 0.1) is 11.3 Å². The van der Waals surface area contributed by atoms with Crippen LogP contribution in [-0.4, -0.2) is 39.8 Å². The van der Waals surface area contributed by atoms with E-state index in [0.717, 1.165) is 16.9 Å². The Kier molecular flexibility index (Phi) is 6.98. The molecule has 0 saturated heterocycles. The number of rotatable bonds is 9. The van der Waals surface area contributed by atoms with Crippen molar-refractivity contribution in [1.82, 2.24) is 14.9 Å². The number of hydrogen-bond acceptors (Lipinski definition) is 5. The molecule has 1 aromatic heterocycles. The number of fused-ring (bicyclic) bond motifs is 1. The highest BCUT2D eigenvalue weighted by atomic mass is 16.5. The van der Waals surface area contributed by atoms with Crippen LogP contribution in [0.15, 0.2) is 78.9 Å². The highest BCUT2D eigenvalue weighted by molar-refractivity contribution is 5.94. The SMILES string of the molecule is N#Cc1ccc(OCC(O)Cn2c(CCNC(=O)c3ccccc3)nc3ccccc32)cc1. The molecule has 7 heteroatoms. The van der Waals surface area contributed by atoms with Crippen molar-refractivity contribution in [3.8, 4) is 11.8 Å². The van der Waals surface area contributed by atoms with Gasteiger partial charge in [0.2, 0.25) is 0 Å². The fraction of sp³-hybridized carbons (Fsp3) is 0.192. The van der Waals surface area contributed by atoms with Crippen molar-refractivity contribution in [3.05, 3.63) is 95.8 Å². The van der Waals surface area contributed by atoms with Crippen LogP contribution in [0.5, 0.6) is 5.75 Å². The first-order valence-corrected chi connectivity index (χ1v) is 10.7. The van der Waals surface area contributed by atoms with Gasteiger partial charge in [-0.3, -0.25) is 4.79 Å². The van der Waals surface area contributed by atoms with Crippen LogP contribution >= 0.6 is 0 Å². The third kappa shape index (κ3) is 5.56. The maximum atomic E-state index is 12.3. The van der Waals surface area contributed by atoms with Crippen molar-refractivity contribution in [3.63, 3.8) is 0 Å². The lowest BCUT2D eigenvalue weighted by molar-refractivity contribution is 0.0922. The number of para-hydroxylation sites is 2. The van der Waals surface area contributed by atoms with Gasteiger partial charge in [-0.1, -0.05) is 30.3 Å². The van der Waals surface area contributed by atoms with Gasteiger partial charge < -0.3 is 19.7 Å². The van der Waals surface area contributed by atoms with Gasteiger partial charge in [-0.2, -0.15) is 5.26 Å². The molecule has 1 atom stereocenters. The van der Waals surface area contributed by atoms with E-state index in [-0.39, 0.29) is 12.5 Å². The summed E-state index contributed by atoms with van der Waals surface area (Å²) in [4.78, 5) is 17.0. The van der Waals surface area contributed by atoms with Gasteiger partial charge in [0.05, 0.1) is 29.2 Å². The predicted molar refractivity (Wildman–Crippen MR) is 125 cm³/mol. The number of aliphatic hydroxyl groups is 1. The maximum Gasteiger partial charge on any atom is 0.251 e. The molecule has 0 saturated carbocycles. The van der Waals surface area contributed by atoms with Crippen molar-refractivity contribution in [2.45, 2.75) is 19.1 Å². The summed E-state index contributed by atoms with van der Waals surface area (Å²) in [6.07, 6.45) is -0.243. The van der Waals surface area contributed by atoms with E-state index >= 15 is 0 Å². The molecule has 0 aliphatic carbocycles. The number of nitriles is 1. The molecular formula is C26H24N4O3. The van der Waals surface area contributed by atoms with Crippen molar-refractivity contribution < 1.29 is 14.6 Å². The smallest absolute Gasteiger partial charge is 0.251 e. The first-order chi connectivity index (χ1) is 16.1. The van der Waals surface area contributed by atoms with E-state index in [0.29, 0.717) is 36.4 Å². The first-order valence-electron chi connectivity index (χ1n) is 10.7. The molecule has 166 valence electrons. The molecule has 7 nitrogen and oxygen atoms in total. The molecule has 0 bridgehead atoms. The summed E-state index contributed by atoms with van der Waals surface area (Å²) in [6.45, 7) is 0.830. The number of carbonyl (C=O) groups is 1. The van der Waals surface area contributed by atoms with Crippen LogP contribution in [0.25, 0.3) is 11.0 Å². The summed E-state index contributed by atoms with van der Waals surface area (Å²) in [7, 11) is 0. The van der Waals surface area contributed by atoms with Gasteiger partial charge in [0, 0.05) is 18.5 Å². The maximum absolute atomic E-state index is 12.3. The second-order valence-electron chi connectivity index (χ2n) is 7.60. The second kappa shape index (κ2) is 10.4. The average molecular weight is 441 g/mol. The molecule has 3 aromatic carbocycles. The van der Waals surface area contributed by atoms with E-state index in [1.807, 2.05) is 47.0 Å². The minimum atomic E-state index is -0.768. The van der Waals surface area contributed by atoms with Crippen LogP contribution < -0.4 is 10.1 Å². The third-order valence-electron chi connectivity index (χ3n) is 5.22. The number of imidazole rings is 1. The molecule has 1 unspecified atom stereocenters. The molecule has 1 amide bonds. The van der Waals surface area contributed by atoms with E-state index in [4.69, 9.17) is 15.0 Å². The molecule has 4 rings (SSSR count). The number of benzene rings is 3. The Morgan fingerprint density at radius 1 is 1.06 bits per heavy atom. The highest BCUT2D eigenvalue weighted by Gasteiger charge is 2.15. The molecular weight excluding hydrogens is 416 g/mol. The van der Waals surface area contributed by atoms with Crippen LogP contribution in [0.2, 0.25) is 0 Å². The Labute approximate surface area is 191 Å². The number of nitrogens with one attached hydrogen (secondary N) is 1. The van der Waals surface area contributed by atoms with Gasteiger partial charge in [-0.25, -0.2) is 4.98 Å². The third-order valence-corrected chi connectivity index (χ3v) is 5.22. The van der Waals surface area contributed by atoms with Crippen LogP contribution in [-0.2, 0) is 13.0 Å². The first kappa shape index (κ1) is 22.1. The molecule has 0 aliphatic heterocycles. The fourth-order valence-electron chi connectivity index (χ4n) is 3.58. The van der Waals surface area contributed by atoms with E-state index in [1.54, 1.807) is 36.4 Å². The Balaban J connectivity index is 1.41. The predicted octanol–water partition coefficient (Wildman–Crippen LogP) is 3.32. The van der Waals surface area contributed by atoms with Crippen LogP contribution in [0.3, 0.4) is 0 Å². The number of hydrogen-bond donors (Lipinski definition) is 2. The highest BCUT2D eigenvalue weighted by Crippen LogP contribution is 2.18. The van der Waals surface area contributed by atoms with Gasteiger partial charge in [-0.05, 0) is 48.5 Å². The summed E-state index contributed by atoms with van der Waals surface area (Å²) >= 11 is 0. The zero-order valence-electron chi connectivity index (χ0n) is 18.0. The summed E-state index contributed by atoms with van der Waals surface area (Å²) < 4.78 is 7.65. The average Bonchev–Trinajstić information content (AvgIpc) is 3.20. The summed E-state index contributed by atoms with van der Waals surface area (Å²) in [6, 6.07) is 25.6. The molecule has 1 heterocycles. The van der Waals surface area contributed by atoms with E-state index in [1.165, 1.54) is 0 Å². The van der Waals surface area contributed by atoms with Crippen molar-refractivity contribution >= 4 is 16.9 Å². The Bertz CT molecular complexity index is 1260. The second-order valence-corrected chi connectivity index (χ2v) is 7.60. The molecule has 4 aromatic rings. The summed E-state index contributed by atoms with van der Waals surface area (Å²) in [5.41, 5.74) is 2.92. The molecule has 0 aliphatic rings. The number of ether oxygens (including phenoxy) is 1. The molecule has 0 radical (unpaired) electrons. The van der Waals surface area contributed by atoms with Crippen LogP contribution in [0.1, 0.15) is 21.7 Å². The monoisotopic (exact) mass is 440 g/mol. The lowest BCUT2D eigenvalue weighted by Crippen LogP contribution is -2.28. The zero-order chi connectivity index (χ0) is 23.0. The molecule has 0 fully saturated rings. The van der Waals surface area contributed by atoms with Gasteiger partial charge in [0.1, 0.15) is 24.3 Å². The summed E-state index contributed by atoms with van der Waals surface area (Å²) in [5, 5.41) is 22.4. The minimum absolute atomic E-state index is 0.0998. The number of nitrogens with zero attached hydrogens (tertiary/aromatic N) is 3. The van der Waals surface area contributed by atoms with E-state index < -0.39 is 6.10 Å². The Morgan fingerprint density at radius 2 is 1.79 bits per heavy atom. The standard InChI is InChI=1S/C26H24N4O3/c27-16-19-10-12-22(13-11-19)33-18-21(31)17-30-24-9-5-4-8-23(24)29-25(30)14-15-28-26(32)20-6-2-1-3-7-20/h1-13,21,31H,14-15,17-18H2,(H,28,32). The number of amides is 1. The molecule has 0 spiro atoms. The minimum Gasteiger partial charge on any atom is -0.491 e.